The maximum absolute atomic E-state index is 5.68. The second-order valence-corrected chi connectivity index (χ2v) is 4.72. The van der Waals surface area contributed by atoms with E-state index in [2.05, 4.69) is 46.1 Å². The predicted octanol–water partition coefficient (Wildman–Crippen LogP) is 3.52. The molecule has 17 heavy (non-hydrogen) atoms. The monoisotopic (exact) mass is 294 g/mol. The molecule has 0 radical (unpaired) electrons. The molecule has 3 nitrogen and oxygen atoms in total. The van der Waals surface area contributed by atoms with Crippen molar-refractivity contribution in [1.29, 1.82) is 0 Å². The number of nitrogens with zero attached hydrogens (tertiary/aromatic N) is 1. The van der Waals surface area contributed by atoms with E-state index < -0.39 is 0 Å². The van der Waals surface area contributed by atoms with E-state index in [9.17, 15) is 0 Å². The summed E-state index contributed by atoms with van der Waals surface area (Å²) >= 11 is 3.49. The van der Waals surface area contributed by atoms with Crippen LogP contribution in [-0.2, 0) is 6.54 Å². The predicted molar refractivity (Wildman–Crippen MR) is 71.8 cm³/mol. The number of aryl methyl sites for hydroxylation is 1. The molecule has 0 saturated heterocycles. The Morgan fingerprint density at radius 3 is 2.94 bits per heavy atom. The van der Waals surface area contributed by atoms with E-state index in [1.54, 1.807) is 6.20 Å². The number of aromatic nitrogens is 1. The molecule has 0 unspecified atom stereocenters. The summed E-state index contributed by atoms with van der Waals surface area (Å²) in [6.45, 7) is 5.70. The number of hydrogen-bond donors (Lipinski definition) is 1. The van der Waals surface area contributed by atoms with Crippen molar-refractivity contribution in [2.75, 3.05) is 6.54 Å². The Balaban J connectivity index is 2.21. The summed E-state index contributed by atoms with van der Waals surface area (Å²) < 4.78 is 6.78. The lowest BCUT2D eigenvalue weighted by Gasteiger charge is -2.01. The highest BCUT2D eigenvalue weighted by Gasteiger charge is 2.06. The molecule has 90 valence electrons. The average molecular weight is 295 g/mol. The SMILES string of the molecule is CCNCc1ncc(-c2ccc(Br)c(C)c2)o1. The van der Waals surface area contributed by atoms with Crippen LogP contribution in [0.1, 0.15) is 18.4 Å². The molecular weight excluding hydrogens is 280 g/mol. The Hall–Kier alpha value is -1.13. The minimum Gasteiger partial charge on any atom is -0.439 e. The van der Waals surface area contributed by atoms with Crippen molar-refractivity contribution in [3.63, 3.8) is 0 Å². The quantitative estimate of drug-likeness (QED) is 0.937. The van der Waals surface area contributed by atoms with Gasteiger partial charge in [0.2, 0.25) is 5.89 Å². The molecule has 1 aromatic carbocycles. The Labute approximate surface area is 109 Å². The normalized spacial score (nSPS) is 10.8. The van der Waals surface area contributed by atoms with Crippen LogP contribution < -0.4 is 5.32 Å². The molecule has 2 aromatic rings. The van der Waals surface area contributed by atoms with Crippen LogP contribution in [0.25, 0.3) is 11.3 Å². The van der Waals surface area contributed by atoms with Crippen LogP contribution in [0.2, 0.25) is 0 Å². The fourth-order valence-electron chi connectivity index (χ4n) is 1.56. The zero-order chi connectivity index (χ0) is 12.3. The fraction of sp³-hybridized carbons (Fsp3) is 0.308. The number of hydrogen-bond acceptors (Lipinski definition) is 3. The molecule has 1 N–H and O–H groups in total. The van der Waals surface area contributed by atoms with Crippen LogP contribution in [0, 0.1) is 6.92 Å². The van der Waals surface area contributed by atoms with Crippen molar-refractivity contribution in [3.05, 3.63) is 40.3 Å². The largest absolute Gasteiger partial charge is 0.439 e. The van der Waals surface area contributed by atoms with Crippen LogP contribution in [0.5, 0.6) is 0 Å². The number of oxazole rings is 1. The molecule has 0 aliphatic heterocycles. The van der Waals surface area contributed by atoms with Crippen LogP contribution >= 0.6 is 15.9 Å². The van der Waals surface area contributed by atoms with E-state index in [0.717, 1.165) is 28.2 Å². The summed E-state index contributed by atoms with van der Waals surface area (Å²) in [5.74, 6) is 1.54. The number of halogens is 1. The van der Waals surface area contributed by atoms with Crippen molar-refractivity contribution in [2.24, 2.45) is 0 Å². The molecule has 1 heterocycles. The first-order valence-electron chi connectivity index (χ1n) is 5.62. The summed E-state index contributed by atoms with van der Waals surface area (Å²) in [5.41, 5.74) is 2.24. The summed E-state index contributed by atoms with van der Waals surface area (Å²) in [5, 5.41) is 3.19. The van der Waals surface area contributed by atoms with Crippen molar-refractivity contribution in [3.8, 4) is 11.3 Å². The molecule has 0 saturated carbocycles. The van der Waals surface area contributed by atoms with Gasteiger partial charge in [0.1, 0.15) is 0 Å². The van der Waals surface area contributed by atoms with Gasteiger partial charge in [0, 0.05) is 10.0 Å². The Kier molecular flexibility index (Phi) is 3.97. The maximum Gasteiger partial charge on any atom is 0.208 e. The third-order valence-electron chi connectivity index (χ3n) is 2.52. The molecule has 0 bridgehead atoms. The third-order valence-corrected chi connectivity index (χ3v) is 3.41. The Morgan fingerprint density at radius 1 is 1.41 bits per heavy atom. The summed E-state index contributed by atoms with van der Waals surface area (Å²) in [4.78, 5) is 4.24. The van der Waals surface area contributed by atoms with Gasteiger partial charge in [0.05, 0.1) is 12.7 Å². The number of benzene rings is 1. The highest BCUT2D eigenvalue weighted by atomic mass is 79.9. The molecule has 0 atom stereocenters. The van der Waals surface area contributed by atoms with E-state index in [1.165, 1.54) is 5.56 Å². The first-order valence-corrected chi connectivity index (χ1v) is 6.42. The van der Waals surface area contributed by atoms with Gasteiger partial charge in [0.15, 0.2) is 5.76 Å². The minimum atomic E-state index is 0.673. The zero-order valence-electron chi connectivity index (χ0n) is 9.96. The molecule has 0 fully saturated rings. The van der Waals surface area contributed by atoms with Crippen LogP contribution in [-0.4, -0.2) is 11.5 Å². The van der Waals surface area contributed by atoms with Gasteiger partial charge in [-0.1, -0.05) is 28.9 Å². The van der Waals surface area contributed by atoms with Crippen LogP contribution in [0.3, 0.4) is 0 Å². The van der Waals surface area contributed by atoms with Crippen LogP contribution in [0.4, 0.5) is 0 Å². The fourth-order valence-corrected chi connectivity index (χ4v) is 1.80. The average Bonchev–Trinajstić information content (AvgIpc) is 2.79. The second kappa shape index (κ2) is 5.47. The van der Waals surface area contributed by atoms with E-state index in [4.69, 9.17) is 4.42 Å². The molecule has 2 rings (SSSR count). The van der Waals surface area contributed by atoms with Gasteiger partial charge >= 0.3 is 0 Å². The van der Waals surface area contributed by atoms with Crippen molar-refractivity contribution >= 4 is 15.9 Å². The topological polar surface area (TPSA) is 38.1 Å². The van der Waals surface area contributed by atoms with E-state index >= 15 is 0 Å². The van der Waals surface area contributed by atoms with Gasteiger partial charge in [-0.3, -0.25) is 0 Å². The lowest BCUT2D eigenvalue weighted by atomic mass is 10.1. The minimum absolute atomic E-state index is 0.673. The van der Waals surface area contributed by atoms with Gasteiger partial charge in [-0.25, -0.2) is 4.98 Å². The molecule has 0 spiro atoms. The number of nitrogens with one attached hydrogen (secondary N) is 1. The summed E-state index contributed by atoms with van der Waals surface area (Å²) in [7, 11) is 0. The second-order valence-electron chi connectivity index (χ2n) is 3.86. The lowest BCUT2D eigenvalue weighted by Crippen LogP contribution is -2.11. The summed E-state index contributed by atoms with van der Waals surface area (Å²) in [6.07, 6.45) is 1.77. The maximum atomic E-state index is 5.68. The highest BCUT2D eigenvalue weighted by Crippen LogP contribution is 2.25. The summed E-state index contributed by atoms with van der Waals surface area (Å²) in [6, 6.07) is 6.13. The van der Waals surface area contributed by atoms with Crippen LogP contribution in [0.15, 0.2) is 33.3 Å². The van der Waals surface area contributed by atoms with E-state index in [-0.39, 0.29) is 0 Å². The van der Waals surface area contributed by atoms with Gasteiger partial charge in [-0.15, -0.1) is 0 Å². The van der Waals surface area contributed by atoms with Crippen molar-refractivity contribution < 1.29 is 4.42 Å². The first-order chi connectivity index (χ1) is 8.20. The molecule has 0 amide bonds. The Bertz CT molecular complexity index is 508. The van der Waals surface area contributed by atoms with Crippen molar-refractivity contribution in [1.82, 2.24) is 10.3 Å². The molecule has 4 heteroatoms. The Morgan fingerprint density at radius 2 is 2.24 bits per heavy atom. The van der Waals surface area contributed by atoms with Gasteiger partial charge in [-0.2, -0.15) is 0 Å². The van der Waals surface area contributed by atoms with E-state index in [1.807, 2.05) is 12.1 Å². The standard InChI is InChI=1S/C13H15BrN2O/c1-3-15-8-13-16-7-12(17-13)10-4-5-11(14)9(2)6-10/h4-7,15H,3,8H2,1-2H3. The van der Waals surface area contributed by atoms with Gasteiger partial charge < -0.3 is 9.73 Å². The lowest BCUT2D eigenvalue weighted by molar-refractivity contribution is 0.482. The van der Waals surface area contributed by atoms with Gasteiger partial charge in [-0.05, 0) is 31.2 Å². The number of rotatable bonds is 4. The molecule has 0 aliphatic carbocycles. The zero-order valence-corrected chi connectivity index (χ0v) is 11.5. The first kappa shape index (κ1) is 12.3. The molecule has 1 aromatic heterocycles. The van der Waals surface area contributed by atoms with E-state index in [0.29, 0.717) is 6.54 Å². The van der Waals surface area contributed by atoms with Gasteiger partial charge in [0.25, 0.3) is 0 Å². The third kappa shape index (κ3) is 2.96. The highest BCUT2D eigenvalue weighted by molar-refractivity contribution is 9.10. The molecule has 0 aliphatic rings. The molecular formula is C13H15BrN2O. The smallest absolute Gasteiger partial charge is 0.208 e. The van der Waals surface area contributed by atoms with Crippen molar-refractivity contribution in [2.45, 2.75) is 20.4 Å².